The van der Waals surface area contributed by atoms with Crippen LogP contribution in [0.25, 0.3) is 0 Å². The van der Waals surface area contributed by atoms with Crippen LogP contribution in [0.3, 0.4) is 0 Å². The number of nitrogens with one attached hydrogen (secondary N) is 2. The van der Waals surface area contributed by atoms with E-state index in [9.17, 15) is 9.59 Å². The van der Waals surface area contributed by atoms with Crippen molar-refractivity contribution in [1.82, 2.24) is 14.8 Å². The molecular formula is C15H22N4O2. The minimum atomic E-state index is -0.114. The fraction of sp³-hybridized carbons (Fsp3) is 0.600. The van der Waals surface area contributed by atoms with Crippen LogP contribution in [0, 0.1) is 0 Å². The highest BCUT2D eigenvalue weighted by Gasteiger charge is 2.38. The fourth-order valence-corrected chi connectivity index (χ4v) is 3.23. The third-order valence-electron chi connectivity index (χ3n) is 4.39. The normalized spacial score (nSPS) is 25.6. The molecule has 1 amide bonds. The van der Waals surface area contributed by atoms with Gasteiger partial charge in [0.25, 0.3) is 5.56 Å². The maximum Gasteiger partial charge on any atom is 0.250 e. The first-order chi connectivity index (χ1) is 10.2. The first-order valence-corrected chi connectivity index (χ1v) is 7.69. The number of hydrogen-bond donors (Lipinski definition) is 2. The molecule has 2 aliphatic rings. The maximum atomic E-state index is 12.5. The lowest BCUT2D eigenvalue weighted by molar-refractivity contribution is -0.120. The quantitative estimate of drug-likeness (QED) is 0.855. The molecule has 21 heavy (non-hydrogen) atoms. The summed E-state index contributed by atoms with van der Waals surface area (Å²) in [6.45, 7) is 4.18. The van der Waals surface area contributed by atoms with Crippen molar-refractivity contribution in [2.24, 2.45) is 0 Å². The molecule has 1 aromatic rings. The van der Waals surface area contributed by atoms with Gasteiger partial charge in [0, 0.05) is 31.9 Å². The summed E-state index contributed by atoms with van der Waals surface area (Å²) in [5.74, 6) is 0.00759. The lowest BCUT2D eigenvalue weighted by Gasteiger charge is -2.32. The van der Waals surface area contributed by atoms with Gasteiger partial charge in [-0.1, -0.05) is 0 Å². The Bertz CT molecular complexity index is 583. The predicted octanol–water partition coefficient (Wildman–Crippen LogP) is 0.590. The Labute approximate surface area is 124 Å². The lowest BCUT2D eigenvalue weighted by atomic mass is 10.1. The van der Waals surface area contributed by atoms with Gasteiger partial charge in [0.15, 0.2) is 0 Å². The zero-order valence-corrected chi connectivity index (χ0v) is 12.3. The highest BCUT2D eigenvalue weighted by molar-refractivity contribution is 5.95. The number of aromatic nitrogens is 1. The average Bonchev–Trinajstić information content (AvgIpc) is 2.93. The van der Waals surface area contributed by atoms with Crippen LogP contribution < -0.4 is 16.2 Å². The SMILES string of the molecule is CCn1cc(NC(=O)C2CNC3CCCCN32)ccc1=O. The molecule has 6 heteroatoms. The van der Waals surface area contributed by atoms with E-state index in [2.05, 4.69) is 15.5 Å². The Morgan fingerprint density at radius 2 is 2.29 bits per heavy atom. The molecule has 2 atom stereocenters. The van der Waals surface area contributed by atoms with Crippen molar-refractivity contribution in [1.29, 1.82) is 0 Å². The van der Waals surface area contributed by atoms with Crippen molar-refractivity contribution in [2.45, 2.75) is 44.9 Å². The number of pyridine rings is 1. The van der Waals surface area contributed by atoms with Gasteiger partial charge in [0.2, 0.25) is 5.91 Å². The van der Waals surface area contributed by atoms with E-state index in [0.29, 0.717) is 24.9 Å². The number of amides is 1. The number of hydrogen-bond acceptors (Lipinski definition) is 4. The molecule has 0 aromatic carbocycles. The Morgan fingerprint density at radius 3 is 3.10 bits per heavy atom. The van der Waals surface area contributed by atoms with Crippen molar-refractivity contribution >= 4 is 11.6 Å². The second kappa shape index (κ2) is 5.99. The van der Waals surface area contributed by atoms with Crippen LogP contribution in [0.15, 0.2) is 23.1 Å². The van der Waals surface area contributed by atoms with E-state index in [1.165, 1.54) is 12.5 Å². The number of nitrogens with zero attached hydrogens (tertiary/aromatic N) is 2. The molecule has 0 bridgehead atoms. The van der Waals surface area contributed by atoms with Crippen LogP contribution in [0.1, 0.15) is 26.2 Å². The molecule has 2 N–H and O–H groups in total. The summed E-state index contributed by atoms with van der Waals surface area (Å²) in [6.07, 6.45) is 5.55. The van der Waals surface area contributed by atoms with E-state index < -0.39 is 0 Å². The third-order valence-corrected chi connectivity index (χ3v) is 4.39. The smallest absolute Gasteiger partial charge is 0.250 e. The minimum absolute atomic E-state index is 0.00759. The summed E-state index contributed by atoms with van der Waals surface area (Å²) in [7, 11) is 0. The van der Waals surface area contributed by atoms with Crippen molar-refractivity contribution in [3.8, 4) is 0 Å². The molecule has 1 aromatic heterocycles. The topological polar surface area (TPSA) is 66.4 Å². The van der Waals surface area contributed by atoms with Gasteiger partial charge in [-0.25, -0.2) is 0 Å². The molecule has 2 fully saturated rings. The third kappa shape index (κ3) is 2.87. The van der Waals surface area contributed by atoms with Crippen LogP contribution >= 0.6 is 0 Å². The van der Waals surface area contributed by atoms with Crippen LogP contribution in [0.2, 0.25) is 0 Å². The molecule has 0 saturated carbocycles. The first kappa shape index (κ1) is 14.3. The molecule has 3 rings (SSSR count). The number of rotatable bonds is 3. The first-order valence-electron chi connectivity index (χ1n) is 7.69. The van der Waals surface area contributed by atoms with Crippen LogP contribution in [-0.4, -0.2) is 40.7 Å². The second-order valence-electron chi connectivity index (χ2n) is 5.70. The van der Waals surface area contributed by atoms with Gasteiger partial charge in [-0.15, -0.1) is 0 Å². The van der Waals surface area contributed by atoms with E-state index in [4.69, 9.17) is 0 Å². The van der Waals surface area contributed by atoms with Gasteiger partial charge in [-0.3, -0.25) is 19.8 Å². The highest BCUT2D eigenvalue weighted by atomic mass is 16.2. The van der Waals surface area contributed by atoms with Crippen molar-refractivity contribution in [2.75, 3.05) is 18.4 Å². The molecular weight excluding hydrogens is 268 g/mol. The van der Waals surface area contributed by atoms with Crippen molar-refractivity contribution in [3.63, 3.8) is 0 Å². The van der Waals surface area contributed by atoms with E-state index in [-0.39, 0.29) is 17.5 Å². The molecule has 0 spiro atoms. The molecule has 3 heterocycles. The Kier molecular flexibility index (Phi) is 4.07. The standard InChI is InChI=1S/C15H22N4O2/c1-2-18-10-11(6-7-14(18)20)17-15(21)12-9-16-13-5-3-4-8-19(12)13/h6-7,10,12-13,16H,2-5,8-9H2,1H3,(H,17,21). The fourth-order valence-electron chi connectivity index (χ4n) is 3.23. The Morgan fingerprint density at radius 1 is 1.43 bits per heavy atom. The average molecular weight is 290 g/mol. The van der Waals surface area contributed by atoms with Crippen LogP contribution in [0.5, 0.6) is 0 Å². The molecule has 0 radical (unpaired) electrons. The largest absolute Gasteiger partial charge is 0.323 e. The van der Waals surface area contributed by atoms with E-state index in [1.807, 2.05) is 6.92 Å². The van der Waals surface area contributed by atoms with E-state index >= 15 is 0 Å². The van der Waals surface area contributed by atoms with Gasteiger partial charge >= 0.3 is 0 Å². The Balaban J connectivity index is 1.70. The van der Waals surface area contributed by atoms with Crippen molar-refractivity contribution < 1.29 is 4.79 Å². The second-order valence-corrected chi connectivity index (χ2v) is 5.70. The lowest BCUT2D eigenvalue weighted by Crippen LogP contribution is -2.47. The number of anilines is 1. The molecule has 2 saturated heterocycles. The predicted molar refractivity (Wildman–Crippen MR) is 81.1 cm³/mol. The summed E-state index contributed by atoms with van der Waals surface area (Å²) in [5, 5.41) is 6.36. The summed E-state index contributed by atoms with van der Waals surface area (Å²) in [5.41, 5.74) is 0.635. The number of piperidine rings is 1. The monoisotopic (exact) mass is 290 g/mol. The number of carbonyl (C=O) groups excluding carboxylic acids is 1. The minimum Gasteiger partial charge on any atom is -0.323 e. The van der Waals surface area contributed by atoms with Gasteiger partial charge in [0.05, 0.1) is 11.9 Å². The molecule has 6 nitrogen and oxygen atoms in total. The summed E-state index contributed by atoms with van der Waals surface area (Å²) in [6, 6.07) is 3.05. The summed E-state index contributed by atoms with van der Waals surface area (Å²) < 4.78 is 1.59. The summed E-state index contributed by atoms with van der Waals surface area (Å²) >= 11 is 0. The maximum absolute atomic E-state index is 12.5. The molecule has 2 aliphatic heterocycles. The molecule has 114 valence electrons. The van der Waals surface area contributed by atoms with Crippen LogP contribution in [0.4, 0.5) is 5.69 Å². The van der Waals surface area contributed by atoms with E-state index in [0.717, 1.165) is 19.4 Å². The van der Waals surface area contributed by atoms with Crippen LogP contribution in [-0.2, 0) is 11.3 Å². The van der Waals surface area contributed by atoms with E-state index in [1.54, 1.807) is 16.8 Å². The Hall–Kier alpha value is -1.66. The molecule has 2 unspecified atom stereocenters. The van der Waals surface area contributed by atoms with Gasteiger partial charge < -0.3 is 9.88 Å². The number of aryl methyl sites for hydroxylation is 1. The van der Waals surface area contributed by atoms with Gasteiger partial charge in [-0.05, 0) is 32.3 Å². The van der Waals surface area contributed by atoms with Crippen molar-refractivity contribution in [3.05, 3.63) is 28.7 Å². The van der Waals surface area contributed by atoms with Gasteiger partial charge in [0.1, 0.15) is 6.04 Å². The number of fused-ring (bicyclic) bond motifs is 1. The molecule has 0 aliphatic carbocycles. The number of carbonyl (C=O) groups is 1. The zero-order valence-electron chi connectivity index (χ0n) is 12.3. The zero-order chi connectivity index (χ0) is 14.8. The van der Waals surface area contributed by atoms with Gasteiger partial charge in [-0.2, -0.15) is 0 Å². The summed E-state index contributed by atoms with van der Waals surface area (Å²) in [4.78, 5) is 26.3. The highest BCUT2D eigenvalue weighted by Crippen LogP contribution is 2.22.